The van der Waals surface area contributed by atoms with Gasteiger partial charge in [-0.05, 0) is 42.7 Å². The molecule has 0 bridgehead atoms. The number of hydrogen-bond donors (Lipinski definition) is 1. The molecular formula is C31H32F2N4O4. The molecule has 2 heterocycles. The van der Waals surface area contributed by atoms with Gasteiger partial charge in [0.05, 0.1) is 19.1 Å². The van der Waals surface area contributed by atoms with Crippen molar-refractivity contribution in [2.45, 2.75) is 44.4 Å². The lowest BCUT2D eigenvalue weighted by Crippen LogP contribution is -2.75. The Balaban J connectivity index is 1.50. The second-order valence-corrected chi connectivity index (χ2v) is 10.5. The van der Waals surface area contributed by atoms with E-state index < -0.39 is 35.8 Å². The molecule has 0 aromatic heterocycles. The average Bonchev–Trinajstić information content (AvgIpc) is 2.94. The molecule has 0 spiro atoms. The lowest BCUT2D eigenvalue weighted by molar-refractivity contribution is -0.204. The monoisotopic (exact) mass is 562 g/mol. The topological polar surface area (TPSA) is 84.4 Å². The van der Waals surface area contributed by atoms with Gasteiger partial charge in [0.25, 0.3) is 0 Å². The van der Waals surface area contributed by atoms with Crippen molar-refractivity contribution in [3.8, 4) is 5.75 Å². The second kappa shape index (κ2) is 11.7. The van der Waals surface area contributed by atoms with Gasteiger partial charge in [0, 0.05) is 31.5 Å². The summed E-state index contributed by atoms with van der Waals surface area (Å²) in [5, 5.41) is 12.8. The standard InChI is InChI=1S/C31H32F2N4O4/c1-20(25-14-11-23(32)17-26(25)33)35-18-28-36(27(31(35)41)16-22-8-12-24(38)13-9-22)30(40)19-34(2)37(28)29(39)15-10-21-6-4-3-5-7-21/h3-9,11-14,17,20,27-28,38H,10,15-16,18-19H2,1-2H3/t20-,27+,28+/m1/s1. The summed E-state index contributed by atoms with van der Waals surface area (Å²) in [6.07, 6.45) is -0.00506. The Kier molecular flexibility index (Phi) is 8.03. The Labute approximate surface area is 237 Å². The van der Waals surface area contributed by atoms with Crippen molar-refractivity contribution in [3.63, 3.8) is 0 Å². The van der Waals surface area contributed by atoms with E-state index in [1.54, 1.807) is 31.1 Å². The van der Waals surface area contributed by atoms with Crippen molar-refractivity contribution in [2.24, 2.45) is 0 Å². The molecule has 0 aliphatic carbocycles. The SMILES string of the molecule is C[C@H](c1ccc(F)cc1F)N1C[C@H]2N(C(=O)CN(C)N2C(=O)CCc2ccccc2)[C@@H](Cc2ccc(O)cc2)C1=O. The van der Waals surface area contributed by atoms with Crippen LogP contribution >= 0.6 is 0 Å². The predicted molar refractivity (Wildman–Crippen MR) is 147 cm³/mol. The normalized spacial score (nSPS) is 20.2. The molecule has 3 aromatic rings. The van der Waals surface area contributed by atoms with Crippen molar-refractivity contribution in [1.82, 2.24) is 19.8 Å². The number of benzene rings is 3. The second-order valence-electron chi connectivity index (χ2n) is 10.5. The lowest BCUT2D eigenvalue weighted by atomic mass is 9.96. The first kappa shape index (κ1) is 28.2. The maximum atomic E-state index is 14.8. The first-order valence-corrected chi connectivity index (χ1v) is 13.6. The Morgan fingerprint density at radius 1 is 1.00 bits per heavy atom. The molecule has 2 fully saturated rings. The molecule has 2 saturated heterocycles. The van der Waals surface area contributed by atoms with Crippen molar-refractivity contribution in [1.29, 1.82) is 0 Å². The van der Waals surface area contributed by atoms with Gasteiger partial charge in [0.2, 0.25) is 17.7 Å². The smallest absolute Gasteiger partial charge is 0.246 e. The summed E-state index contributed by atoms with van der Waals surface area (Å²) in [4.78, 5) is 44.1. The largest absolute Gasteiger partial charge is 0.508 e. The predicted octanol–water partition coefficient (Wildman–Crippen LogP) is 3.66. The third-order valence-electron chi connectivity index (χ3n) is 7.86. The Bertz CT molecular complexity index is 1440. The van der Waals surface area contributed by atoms with E-state index in [0.717, 1.165) is 17.7 Å². The molecular weight excluding hydrogens is 530 g/mol. The number of phenols is 1. The molecule has 2 aliphatic heterocycles. The fourth-order valence-electron chi connectivity index (χ4n) is 5.75. The van der Waals surface area contributed by atoms with Crippen molar-refractivity contribution < 1.29 is 28.3 Å². The third kappa shape index (κ3) is 5.78. The number of hydrazine groups is 1. The zero-order chi connectivity index (χ0) is 29.3. The van der Waals surface area contributed by atoms with Crippen LogP contribution in [-0.4, -0.2) is 75.0 Å². The van der Waals surface area contributed by atoms with E-state index >= 15 is 0 Å². The first-order valence-electron chi connectivity index (χ1n) is 13.6. The average molecular weight is 563 g/mol. The van der Waals surface area contributed by atoms with E-state index in [0.29, 0.717) is 12.0 Å². The van der Waals surface area contributed by atoms with Crippen molar-refractivity contribution >= 4 is 17.7 Å². The molecule has 3 amide bonds. The van der Waals surface area contributed by atoms with Gasteiger partial charge in [-0.2, -0.15) is 0 Å². The number of nitrogens with zero attached hydrogens (tertiary/aromatic N) is 4. The minimum absolute atomic E-state index is 0.0456. The molecule has 10 heteroatoms. The first-order chi connectivity index (χ1) is 19.6. The van der Waals surface area contributed by atoms with E-state index in [4.69, 9.17) is 0 Å². The highest BCUT2D eigenvalue weighted by Gasteiger charge is 2.51. The number of carbonyl (C=O) groups excluding carboxylic acids is 3. The highest BCUT2D eigenvalue weighted by molar-refractivity contribution is 5.92. The maximum absolute atomic E-state index is 14.8. The number of carbonyl (C=O) groups is 3. The molecule has 0 radical (unpaired) electrons. The van der Waals surface area contributed by atoms with Gasteiger partial charge in [-0.15, -0.1) is 0 Å². The van der Waals surface area contributed by atoms with E-state index in [-0.39, 0.29) is 49.1 Å². The molecule has 3 aromatic carbocycles. The van der Waals surface area contributed by atoms with Crippen LogP contribution < -0.4 is 0 Å². The molecule has 8 nitrogen and oxygen atoms in total. The molecule has 0 saturated carbocycles. The molecule has 5 rings (SSSR count). The van der Waals surface area contributed by atoms with E-state index in [2.05, 4.69) is 0 Å². The van der Waals surface area contributed by atoms with Gasteiger partial charge in [0.1, 0.15) is 29.6 Å². The summed E-state index contributed by atoms with van der Waals surface area (Å²) in [6.45, 7) is 1.52. The molecule has 214 valence electrons. The van der Waals surface area contributed by atoms with Crippen LogP contribution in [0.2, 0.25) is 0 Å². The number of halogens is 2. The van der Waals surface area contributed by atoms with E-state index in [1.807, 2.05) is 30.3 Å². The summed E-state index contributed by atoms with van der Waals surface area (Å²) < 4.78 is 28.5. The van der Waals surface area contributed by atoms with Gasteiger partial charge >= 0.3 is 0 Å². The minimum Gasteiger partial charge on any atom is -0.508 e. The van der Waals surface area contributed by atoms with Crippen LogP contribution in [-0.2, 0) is 27.2 Å². The van der Waals surface area contributed by atoms with E-state index in [9.17, 15) is 28.3 Å². The third-order valence-corrected chi connectivity index (χ3v) is 7.86. The highest BCUT2D eigenvalue weighted by atomic mass is 19.1. The molecule has 3 atom stereocenters. The number of hydrogen-bond acceptors (Lipinski definition) is 5. The number of fused-ring (bicyclic) bond motifs is 1. The fraction of sp³-hybridized carbons (Fsp3) is 0.323. The summed E-state index contributed by atoms with van der Waals surface area (Å²) >= 11 is 0. The number of piperazine rings is 1. The van der Waals surface area contributed by atoms with Gasteiger partial charge in [-0.25, -0.2) is 13.8 Å². The quantitative estimate of drug-likeness (QED) is 0.475. The zero-order valence-corrected chi connectivity index (χ0v) is 22.9. The van der Waals surface area contributed by atoms with Crippen molar-refractivity contribution in [2.75, 3.05) is 20.1 Å². The maximum Gasteiger partial charge on any atom is 0.246 e. The zero-order valence-electron chi connectivity index (χ0n) is 22.9. The number of aryl methyl sites for hydroxylation is 1. The number of phenolic OH excluding ortho intramolecular Hbond substituents is 1. The summed E-state index contributed by atoms with van der Waals surface area (Å²) in [7, 11) is 1.66. The van der Waals surface area contributed by atoms with Crippen LogP contribution in [0.1, 0.15) is 36.1 Å². The molecule has 2 aliphatic rings. The van der Waals surface area contributed by atoms with Crippen LogP contribution in [0.4, 0.5) is 8.78 Å². The van der Waals surface area contributed by atoms with Crippen LogP contribution in [0.3, 0.4) is 0 Å². The summed E-state index contributed by atoms with van der Waals surface area (Å²) in [6, 6.07) is 17.4. The molecule has 41 heavy (non-hydrogen) atoms. The highest BCUT2D eigenvalue weighted by Crippen LogP contribution is 2.34. The van der Waals surface area contributed by atoms with Crippen LogP contribution in [0, 0.1) is 11.6 Å². The number of amides is 3. The van der Waals surface area contributed by atoms with Crippen LogP contribution in [0.25, 0.3) is 0 Å². The van der Waals surface area contributed by atoms with Crippen LogP contribution in [0.15, 0.2) is 72.8 Å². The number of aromatic hydroxyl groups is 1. The summed E-state index contributed by atoms with van der Waals surface area (Å²) in [5.74, 6) is -2.36. The van der Waals surface area contributed by atoms with Gasteiger partial charge < -0.3 is 14.9 Å². The number of likely N-dealkylation sites (N-methyl/N-ethyl adjacent to an activating group) is 1. The van der Waals surface area contributed by atoms with E-state index in [1.165, 1.54) is 33.0 Å². The van der Waals surface area contributed by atoms with Gasteiger partial charge in [0.15, 0.2) is 0 Å². The van der Waals surface area contributed by atoms with Gasteiger partial charge in [-0.3, -0.25) is 19.4 Å². The lowest BCUT2D eigenvalue weighted by Gasteiger charge is -2.55. The summed E-state index contributed by atoms with van der Waals surface area (Å²) in [5.41, 5.74) is 1.84. The Hall–Kier alpha value is -4.31. The van der Waals surface area contributed by atoms with Gasteiger partial charge in [-0.1, -0.05) is 48.5 Å². The fourth-order valence-corrected chi connectivity index (χ4v) is 5.75. The Morgan fingerprint density at radius 2 is 1.71 bits per heavy atom. The Morgan fingerprint density at radius 3 is 2.39 bits per heavy atom. The molecule has 0 unspecified atom stereocenters. The molecule has 1 N–H and O–H groups in total. The number of rotatable bonds is 7. The van der Waals surface area contributed by atoms with Crippen molar-refractivity contribution in [3.05, 3.63) is 101 Å². The van der Waals surface area contributed by atoms with Crippen LogP contribution in [0.5, 0.6) is 5.75 Å². The minimum atomic E-state index is -0.977.